The quantitative estimate of drug-likeness (QED) is 0.0470. The van der Waals surface area contributed by atoms with Crippen LogP contribution < -0.4 is 5.32 Å². The van der Waals surface area contributed by atoms with Crippen molar-refractivity contribution < 1.29 is 15.0 Å². The van der Waals surface area contributed by atoms with Gasteiger partial charge < -0.3 is 15.5 Å². The van der Waals surface area contributed by atoms with Gasteiger partial charge >= 0.3 is 0 Å². The third kappa shape index (κ3) is 35.2. The normalized spacial score (nSPS) is 13.7. The average molecular weight is 656 g/mol. The molecule has 4 nitrogen and oxygen atoms in total. The highest BCUT2D eigenvalue weighted by molar-refractivity contribution is 5.76. The highest BCUT2D eigenvalue weighted by Gasteiger charge is 2.17. The maximum absolute atomic E-state index is 12.3. The van der Waals surface area contributed by atoms with Crippen LogP contribution in [0.4, 0.5) is 0 Å². The molecule has 0 saturated heterocycles. The van der Waals surface area contributed by atoms with Crippen LogP contribution in [-0.4, -0.2) is 34.9 Å². The molecule has 0 aliphatic rings. The molecule has 0 fully saturated rings. The van der Waals surface area contributed by atoms with Gasteiger partial charge in [-0.1, -0.05) is 184 Å². The summed E-state index contributed by atoms with van der Waals surface area (Å²) in [5.41, 5.74) is 0. The highest BCUT2D eigenvalue weighted by Crippen LogP contribution is 2.13. The Morgan fingerprint density at radius 1 is 0.511 bits per heavy atom. The number of hydrogen-bond acceptors (Lipinski definition) is 3. The molecule has 0 aromatic heterocycles. The van der Waals surface area contributed by atoms with E-state index in [1.165, 1.54) is 122 Å². The van der Waals surface area contributed by atoms with Crippen LogP contribution in [0.15, 0.2) is 60.8 Å². The molecule has 2 atom stereocenters. The van der Waals surface area contributed by atoms with Gasteiger partial charge in [0, 0.05) is 6.42 Å². The zero-order valence-electron chi connectivity index (χ0n) is 31.0. The molecule has 0 aliphatic carbocycles. The topological polar surface area (TPSA) is 69.6 Å². The van der Waals surface area contributed by atoms with Gasteiger partial charge in [0.25, 0.3) is 0 Å². The van der Waals surface area contributed by atoms with Crippen molar-refractivity contribution in [1.29, 1.82) is 0 Å². The molecule has 0 aliphatic heterocycles. The molecular formula is C43H77NO3. The molecule has 0 radical (unpaired) electrons. The molecule has 272 valence electrons. The van der Waals surface area contributed by atoms with Gasteiger partial charge in [0.1, 0.15) is 0 Å². The third-order valence-corrected chi connectivity index (χ3v) is 8.75. The lowest BCUT2D eigenvalue weighted by molar-refractivity contribution is -0.122. The van der Waals surface area contributed by atoms with E-state index in [1.807, 2.05) is 6.08 Å². The molecule has 4 heteroatoms. The van der Waals surface area contributed by atoms with Gasteiger partial charge in [-0.05, 0) is 57.8 Å². The molecule has 47 heavy (non-hydrogen) atoms. The number of amides is 1. The predicted molar refractivity (Wildman–Crippen MR) is 207 cm³/mol. The van der Waals surface area contributed by atoms with Gasteiger partial charge in [0.05, 0.1) is 18.8 Å². The van der Waals surface area contributed by atoms with E-state index in [0.29, 0.717) is 6.42 Å². The van der Waals surface area contributed by atoms with Gasteiger partial charge in [0.2, 0.25) is 5.91 Å². The molecule has 0 heterocycles. The van der Waals surface area contributed by atoms with Crippen molar-refractivity contribution in [2.24, 2.45) is 0 Å². The van der Waals surface area contributed by atoms with E-state index in [1.54, 1.807) is 6.08 Å². The Labute approximate surface area is 292 Å². The first kappa shape index (κ1) is 45.1. The van der Waals surface area contributed by atoms with Crippen molar-refractivity contribution in [3.05, 3.63) is 60.8 Å². The lowest BCUT2D eigenvalue weighted by Gasteiger charge is -2.19. The molecule has 1 amide bonds. The number of allylic oxidation sites excluding steroid dienone is 9. The van der Waals surface area contributed by atoms with E-state index in [9.17, 15) is 15.0 Å². The zero-order chi connectivity index (χ0) is 34.3. The van der Waals surface area contributed by atoms with Gasteiger partial charge in [0.15, 0.2) is 0 Å². The van der Waals surface area contributed by atoms with E-state index >= 15 is 0 Å². The van der Waals surface area contributed by atoms with E-state index < -0.39 is 12.1 Å². The summed E-state index contributed by atoms with van der Waals surface area (Å²) in [5.74, 6) is -0.120. The van der Waals surface area contributed by atoms with Crippen molar-refractivity contribution >= 4 is 5.91 Å². The van der Waals surface area contributed by atoms with Crippen molar-refractivity contribution in [2.45, 2.75) is 199 Å². The molecule has 0 unspecified atom stereocenters. The number of carbonyl (C=O) groups excluding carboxylic acids is 1. The van der Waals surface area contributed by atoms with Gasteiger partial charge in [-0.2, -0.15) is 0 Å². The Balaban J connectivity index is 3.74. The largest absolute Gasteiger partial charge is 0.394 e. The fourth-order valence-corrected chi connectivity index (χ4v) is 5.64. The zero-order valence-corrected chi connectivity index (χ0v) is 31.0. The Bertz CT molecular complexity index is 797. The number of aliphatic hydroxyl groups is 2. The van der Waals surface area contributed by atoms with Gasteiger partial charge in [-0.15, -0.1) is 0 Å². The molecule has 0 rings (SSSR count). The van der Waals surface area contributed by atoms with Crippen LogP contribution in [-0.2, 0) is 4.79 Å². The maximum Gasteiger partial charge on any atom is 0.220 e. The molecule has 0 aromatic carbocycles. The summed E-state index contributed by atoms with van der Waals surface area (Å²) >= 11 is 0. The molecule has 3 N–H and O–H groups in total. The van der Waals surface area contributed by atoms with Crippen LogP contribution >= 0.6 is 0 Å². The summed E-state index contributed by atoms with van der Waals surface area (Å²) in [4.78, 5) is 12.3. The standard InChI is InChI=1S/C43H77NO3/c1-3-5-7-9-11-13-15-17-19-20-21-22-23-24-25-27-29-31-33-35-37-39-43(47)44-41(40-45)42(46)38-36-34-32-30-28-26-18-16-14-12-10-8-6-4-2/h19-20,22-23,25,27,31,33,36,38,41-42,45-46H,3-18,21,24,26,28-30,32,34-35,37,39-40H2,1-2H3,(H,44,47)/b20-19+,23-22+,27-25+,33-31+,38-36+/t41-,42+/m0/s1. The summed E-state index contributed by atoms with van der Waals surface area (Å²) < 4.78 is 0. The Morgan fingerprint density at radius 3 is 1.30 bits per heavy atom. The first-order chi connectivity index (χ1) is 23.2. The van der Waals surface area contributed by atoms with Gasteiger partial charge in [-0.3, -0.25) is 4.79 Å². The third-order valence-electron chi connectivity index (χ3n) is 8.75. The monoisotopic (exact) mass is 656 g/mol. The predicted octanol–water partition coefficient (Wildman–Crippen LogP) is 12.2. The van der Waals surface area contributed by atoms with Crippen LogP contribution in [0, 0.1) is 0 Å². The van der Waals surface area contributed by atoms with Crippen LogP contribution in [0.2, 0.25) is 0 Å². The lowest BCUT2D eigenvalue weighted by atomic mass is 10.0. The summed E-state index contributed by atoms with van der Waals surface area (Å²) in [7, 11) is 0. The second-order valence-electron chi connectivity index (χ2n) is 13.3. The summed E-state index contributed by atoms with van der Waals surface area (Å²) in [5, 5.41) is 22.9. The molecular weight excluding hydrogens is 578 g/mol. The second kappa shape index (κ2) is 38.5. The number of rotatable bonds is 35. The van der Waals surface area contributed by atoms with Gasteiger partial charge in [-0.25, -0.2) is 0 Å². The Hall–Kier alpha value is -1.91. The van der Waals surface area contributed by atoms with Crippen molar-refractivity contribution in [1.82, 2.24) is 5.32 Å². The SMILES string of the molecule is CCCCCCCCC/C=C/C/C=C/C/C=C/C/C=C/CCCC(=O)N[C@@H](CO)[C@H](O)/C=C/CCCCCCCCCCCCCC. The first-order valence-electron chi connectivity index (χ1n) is 20.0. The first-order valence-corrected chi connectivity index (χ1v) is 20.0. The number of unbranched alkanes of at least 4 members (excludes halogenated alkanes) is 20. The minimum Gasteiger partial charge on any atom is -0.394 e. The van der Waals surface area contributed by atoms with E-state index in [0.717, 1.165) is 44.9 Å². The van der Waals surface area contributed by atoms with E-state index in [2.05, 4.69) is 67.8 Å². The molecule has 0 spiro atoms. The fourth-order valence-electron chi connectivity index (χ4n) is 5.64. The summed E-state index contributed by atoms with van der Waals surface area (Å²) in [6, 6.07) is -0.652. The van der Waals surface area contributed by atoms with Crippen molar-refractivity contribution in [3.63, 3.8) is 0 Å². The Morgan fingerprint density at radius 2 is 0.872 bits per heavy atom. The fraction of sp³-hybridized carbons (Fsp3) is 0.744. The minimum atomic E-state index is -0.862. The minimum absolute atomic E-state index is 0.120. The molecule has 0 saturated carbocycles. The maximum atomic E-state index is 12.3. The molecule has 0 bridgehead atoms. The smallest absolute Gasteiger partial charge is 0.220 e. The number of hydrogen-bond donors (Lipinski definition) is 3. The summed E-state index contributed by atoms with van der Waals surface area (Å²) in [6.07, 6.45) is 53.1. The summed E-state index contributed by atoms with van der Waals surface area (Å²) in [6.45, 7) is 4.27. The number of carbonyl (C=O) groups is 1. The van der Waals surface area contributed by atoms with E-state index in [-0.39, 0.29) is 12.5 Å². The van der Waals surface area contributed by atoms with Crippen LogP contribution in [0.25, 0.3) is 0 Å². The number of aliphatic hydroxyl groups excluding tert-OH is 2. The second-order valence-corrected chi connectivity index (χ2v) is 13.3. The van der Waals surface area contributed by atoms with Crippen LogP contribution in [0.3, 0.4) is 0 Å². The Kier molecular flexibility index (Phi) is 37.0. The lowest BCUT2D eigenvalue weighted by Crippen LogP contribution is -2.45. The molecule has 0 aromatic rings. The van der Waals surface area contributed by atoms with Crippen LogP contribution in [0.1, 0.15) is 187 Å². The van der Waals surface area contributed by atoms with Crippen molar-refractivity contribution in [2.75, 3.05) is 6.61 Å². The highest BCUT2D eigenvalue weighted by atomic mass is 16.3. The van der Waals surface area contributed by atoms with E-state index in [4.69, 9.17) is 0 Å². The average Bonchev–Trinajstić information content (AvgIpc) is 3.07. The number of nitrogens with one attached hydrogen (secondary N) is 1. The van der Waals surface area contributed by atoms with Crippen molar-refractivity contribution in [3.8, 4) is 0 Å². The van der Waals surface area contributed by atoms with Crippen LogP contribution in [0.5, 0.6) is 0 Å².